The number of carboxylic acid groups (broad SMARTS) is 1. The van der Waals surface area contributed by atoms with Gasteiger partial charge in [0.2, 0.25) is 0 Å². The number of fused-ring (bicyclic) bond motifs is 1. The van der Waals surface area contributed by atoms with E-state index in [2.05, 4.69) is 29.0 Å². The number of carbonyl (C=O) groups excluding carboxylic acids is 1. The summed E-state index contributed by atoms with van der Waals surface area (Å²) in [6.45, 7) is 7.57. The van der Waals surface area contributed by atoms with Gasteiger partial charge in [-0.05, 0) is 54.7 Å². The molecule has 3 aromatic carbocycles. The van der Waals surface area contributed by atoms with Crippen LogP contribution in [0.5, 0.6) is 5.75 Å². The third-order valence-electron chi connectivity index (χ3n) is 6.61. The average Bonchev–Trinajstić information content (AvgIpc) is 3.25. The summed E-state index contributed by atoms with van der Waals surface area (Å²) in [6.07, 6.45) is 3.63. The summed E-state index contributed by atoms with van der Waals surface area (Å²) in [7, 11) is 0. The van der Waals surface area contributed by atoms with Crippen molar-refractivity contribution < 1.29 is 19.4 Å². The van der Waals surface area contributed by atoms with E-state index in [1.54, 1.807) is 12.1 Å². The van der Waals surface area contributed by atoms with Crippen LogP contribution in [0.2, 0.25) is 0 Å². The first-order valence-electron chi connectivity index (χ1n) is 13.5. The first-order chi connectivity index (χ1) is 18.9. The van der Waals surface area contributed by atoms with Gasteiger partial charge in [-0.2, -0.15) is 0 Å². The molecule has 0 spiro atoms. The van der Waals surface area contributed by atoms with Crippen LogP contribution >= 0.6 is 0 Å². The molecule has 204 valence electrons. The number of nitrogens with one attached hydrogen (secondary N) is 2. The van der Waals surface area contributed by atoms with Crippen molar-refractivity contribution in [3.8, 4) is 16.9 Å². The zero-order valence-electron chi connectivity index (χ0n) is 22.8. The second-order valence-corrected chi connectivity index (χ2v) is 9.67. The molecule has 0 unspecified atom stereocenters. The fraction of sp³-hybridized carbons (Fsp3) is 0.323. The molecule has 0 saturated heterocycles. The van der Waals surface area contributed by atoms with Gasteiger partial charge < -0.3 is 25.0 Å². The number of nitrogens with zero attached hydrogens (tertiary/aromatic N) is 2. The first kappa shape index (κ1) is 27.7. The molecule has 8 heteroatoms. The molecule has 2 amide bonds. The predicted molar refractivity (Wildman–Crippen MR) is 155 cm³/mol. The van der Waals surface area contributed by atoms with Crippen molar-refractivity contribution in [1.29, 1.82) is 0 Å². The van der Waals surface area contributed by atoms with Crippen LogP contribution in [0.3, 0.4) is 0 Å². The van der Waals surface area contributed by atoms with Gasteiger partial charge in [0.1, 0.15) is 11.6 Å². The Hall–Kier alpha value is -4.33. The van der Waals surface area contributed by atoms with E-state index in [1.807, 2.05) is 55.5 Å². The number of carbonyl (C=O) groups is 2. The number of anilines is 1. The van der Waals surface area contributed by atoms with E-state index in [0.29, 0.717) is 24.4 Å². The van der Waals surface area contributed by atoms with E-state index < -0.39 is 6.16 Å². The molecule has 39 heavy (non-hydrogen) atoms. The lowest BCUT2D eigenvalue weighted by molar-refractivity contribution is 0.144. The third kappa shape index (κ3) is 6.96. The number of ether oxygens (including phenoxy) is 1. The van der Waals surface area contributed by atoms with Gasteiger partial charge in [-0.25, -0.2) is 14.6 Å². The van der Waals surface area contributed by atoms with Crippen LogP contribution in [-0.2, 0) is 13.0 Å². The molecule has 4 aromatic rings. The average molecular weight is 529 g/mol. The Morgan fingerprint density at radius 2 is 1.77 bits per heavy atom. The Morgan fingerprint density at radius 1 is 1.00 bits per heavy atom. The number of hydrogen-bond donors (Lipinski definition) is 3. The molecule has 0 aliphatic heterocycles. The van der Waals surface area contributed by atoms with Crippen LogP contribution in [-0.4, -0.2) is 33.4 Å². The zero-order valence-corrected chi connectivity index (χ0v) is 22.8. The second kappa shape index (κ2) is 13.0. The Bertz CT molecular complexity index is 1440. The lowest BCUT2D eigenvalue weighted by Gasteiger charge is -2.13. The minimum Gasteiger partial charge on any atom is -0.449 e. The van der Waals surface area contributed by atoms with Crippen molar-refractivity contribution in [2.45, 2.75) is 59.4 Å². The van der Waals surface area contributed by atoms with Gasteiger partial charge in [-0.3, -0.25) is 0 Å². The van der Waals surface area contributed by atoms with Crippen molar-refractivity contribution in [3.63, 3.8) is 0 Å². The highest BCUT2D eigenvalue weighted by Gasteiger charge is 2.15. The van der Waals surface area contributed by atoms with E-state index in [4.69, 9.17) is 14.8 Å². The maximum atomic E-state index is 12.5. The summed E-state index contributed by atoms with van der Waals surface area (Å²) >= 11 is 0. The van der Waals surface area contributed by atoms with Crippen LogP contribution in [0.25, 0.3) is 22.2 Å². The lowest BCUT2D eigenvalue weighted by Crippen LogP contribution is -2.29. The van der Waals surface area contributed by atoms with Crippen molar-refractivity contribution in [2.75, 3.05) is 11.9 Å². The minimum atomic E-state index is -1.34. The second-order valence-electron chi connectivity index (χ2n) is 9.67. The van der Waals surface area contributed by atoms with Gasteiger partial charge in [0.05, 0.1) is 11.0 Å². The van der Waals surface area contributed by atoms with E-state index >= 15 is 0 Å². The van der Waals surface area contributed by atoms with Gasteiger partial charge in [-0.1, -0.05) is 69.2 Å². The molecule has 1 heterocycles. The van der Waals surface area contributed by atoms with Crippen molar-refractivity contribution in [3.05, 3.63) is 77.6 Å². The molecule has 0 bridgehead atoms. The number of para-hydroxylation sites is 1. The lowest BCUT2D eigenvalue weighted by atomic mass is 10.0. The Balaban J connectivity index is 1.60. The van der Waals surface area contributed by atoms with Crippen LogP contribution in [0.15, 0.2) is 60.7 Å². The molecule has 4 rings (SSSR count). The monoisotopic (exact) mass is 528 g/mol. The van der Waals surface area contributed by atoms with Crippen LogP contribution in [0.1, 0.15) is 56.5 Å². The van der Waals surface area contributed by atoms with Gasteiger partial charge in [-0.15, -0.1) is 0 Å². The van der Waals surface area contributed by atoms with E-state index in [9.17, 15) is 9.59 Å². The maximum Gasteiger partial charge on any atom is 0.511 e. The number of hydrogen-bond acceptors (Lipinski definition) is 4. The largest absolute Gasteiger partial charge is 0.511 e. The highest BCUT2D eigenvalue weighted by Crippen LogP contribution is 2.31. The summed E-state index contributed by atoms with van der Waals surface area (Å²) in [5.74, 6) is 1.30. The van der Waals surface area contributed by atoms with Gasteiger partial charge in [0.15, 0.2) is 0 Å². The number of unbranched alkanes of at least 4 members (excludes halogenated alkanes) is 2. The Morgan fingerprint density at radius 3 is 2.49 bits per heavy atom. The Labute approximate surface area is 229 Å². The SMILES string of the molecule is CCCCCNC(=O)Nc1cc(C)c2nc(CCC)n(Cc3ccc(-c4ccccc4OC(=O)O)cc3)c2c1. The summed E-state index contributed by atoms with van der Waals surface area (Å²) in [6, 6.07) is 18.9. The summed E-state index contributed by atoms with van der Waals surface area (Å²) in [5.41, 5.74) is 6.32. The molecule has 3 N–H and O–H groups in total. The minimum absolute atomic E-state index is 0.201. The normalized spacial score (nSPS) is 10.9. The number of urea groups is 1. The fourth-order valence-corrected chi connectivity index (χ4v) is 4.72. The standard InChI is InChI=1S/C31H36N4O4/c1-4-6-9-17-32-30(36)33-24-18-21(3)29-26(19-24)35(28(34-29)10-5-2)20-22-13-15-23(16-14-22)25-11-7-8-12-27(25)39-31(37)38/h7-8,11-16,18-19H,4-6,9-10,17,20H2,1-3H3,(H,37,38)(H2,32,33,36). The van der Waals surface area contributed by atoms with E-state index in [0.717, 1.165) is 71.3 Å². The highest BCUT2D eigenvalue weighted by molar-refractivity contribution is 5.93. The molecule has 0 aliphatic rings. The molecule has 0 saturated carbocycles. The topological polar surface area (TPSA) is 105 Å². The van der Waals surface area contributed by atoms with Gasteiger partial charge >= 0.3 is 12.2 Å². The first-order valence-corrected chi connectivity index (χ1v) is 13.5. The third-order valence-corrected chi connectivity index (χ3v) is 6.61. The number of imidazole rings is 1. The van der Waals surface area contributed by atoms with Gasteiger partial charge in [0, 0.05) is 30.8 Å². The maximum absolute atomic E-state index is 12.5. The summed E-state index contributed by atoms with van der Waals surface area (Å²) < 4.78 is 7.17. The molecular formula is C31H36N4O4. The van der Waals surface area contributed by atoms with Crippen LogP contribution < -0.4 is 15.4 Å². The molecule has 8 nitrogen and oxygen atoms in total. The summed E-state index contributed by atoms with van der Waals surface area (Å²) in [4.78, 5) is 28.5. The molecule has 0 radical (unpaired) electrons. The Kier molecular flexibility index (Phi) is 9.20. The zero-order chi connectivity index (χ0) is 27.8. The molecule has 0 atom stereocenters. The smallest absolute Gasteiger partial charge is 0.449 e. The number of amides is 2. The predicted octanol–water partition coefficient (Wildman–Crippen LogP) is 7.38. The quantitative estimate of drug-likeness (QED) is 0.107. The highest BCUT2D eigenvalue weighted by atomic mass is 16.7. The summed E-state index contributed by atoms with van der Waals surface area (Å²) in [5, 5.41) is 15.0. The van der Waals surface area contributed by atoms with E-state index in [1.165, 1.54) is 0 Å². The van der Waals surface area contributed by atoms with Crippen molar-refractivity contribution >= 4 is 28.9 Å². The molecule has 0 aliphatic carbocycles. The van der Waals surface area contributed by atoms with Crippen LogP contribution in [0.4, 0.5) is 15.3 Å². The number of rotatable bonds is 11. The van der Waals surface area contributed by atoms with Crippen molar-refractivity contribution in [1.82, 2.24) is 14.9 Å². The van der Waals surface area contributed by atoms with Crippen LogP contribution in [0, 0.1) is 6.92 Å². The number of aryl methyl sites for hydroxylation is 2. The fourth-order valence-electron chi connectivity index (χ4n) is 4.72. The molecule has 1 aromatic heterocycles. The number of aromatic nitrogens is 2. The van der Waals surface area contributed by atoms with Gasteiger partial charge in [0.25, 0.3) is 0 Å². The van der Waals surface area contributed by atoms with E-state index in [-0.39, 0.29) is 6.03 Å². The molecular weight excluding hydrogens is 492 g/mol. The van der Waals surface area contributed by atoms with Crippen molar-refractivity contribution in [2.24, 2.45) is 0 Å². The number of benzene rings is 3. The molecule has 0 fully saturated rings.